The quantitative estimate of drug-likeness (QED) is 0.500. The maximum absolute atomic E-state index is 12.5. The fourth-order valence-electron chi connectivity index (χ4n) is 3.84. The SMILES string of the molecule is Cn1nc(CC2CCCCC2)cc1Nc1ccc(S(=O)(=O)Nc2nccs2)c(O)c1. The van der Waals surface area contributed by atoms with Gasteiger partial charge in [0.05, 0.1) is 5.69 Å². The molecule has 0 bridgehead atoms. The van der Waals surface area contributed by atoms with Gasteiger partial charge in [-0.2, -0.15) is 5.10 Å². The minimum atomic E-state index is -3.92. The molecule has 1 fully saturated rings. The molecular formula is C20H25N5O3S2. The van der Waals surface area contributed by atoms with Crippen LogP contribution in [0.1, 0.15) is 37.8 Å². The number of aryl methyl sites for hydroxylation is 1. The molecule has 0 unspecified atom stereocenters. The van der Waals surface area contributed by atoms with Crippen molar-refractivity contribution in [1.29, 1.82) is 0 Å². The van der Waals surface area contributed by atoms with Crippen LogP contribution in [-0.4, -0.2) is 28.3 Å². The third-order valence-electron chi connectivity index (χ3n) is 5.33. The highest BCUT2D eigenvalue weighted by atomic mass is 32.2. The van der Waals surface area contributed by atoms with Crippen LogP contribution >= 0.6 is 11.3 Å². The molecule has 0 saturated heterocycles. The van der Waals surface area contributed by atoms with Crippen LogP contribution in [-0.2, 0) is 23.5 Å². The fourth-order valence-corrected chi connectivity index (χ4v) is 5.71. The third kappa shape index (κ3) is 4.76. The maximum atomic E-state index is 12.5. The van der Waals surface area contributed by atoms with Crippen LogP contribution in [0.3, 0.4) is 0 Å². The van der Waals surface area contributed by atoms with E-state index in [0.717, 1.165) is 17.9 Å². The monoisotopic (exact) mass is 447 g/mol. The summed E-state index contributed by atoms with van der Waals surface area (Å²) in [5.74, 6) is 1.14. The first-order valence-electron chi connectivity index (χ1n) is 9.96. The van der Waals surface area contributed by atoms with Crippen LogP contribution in [0.25, 0.3) is 0 Å². The number of anilines is 3. The van der Waals surface area contributed by atoms with Crippen molar-refractivity contribution < 1.29 is 13.5 Å². The van der Waals surface area contributed by atoms with Gasteiger partial charge in [0.25, 0.3) is 10.0 Å². The van der Waals surface area contributed by atoms with Crippen molar-refractivity contribution in [3.63, 3.8) is 0 Å². The molecule has 1 saturated carbocycles. The summed E-state index contributed by atoms with van der Waals surface area (Å²) in [5.41, 5.74) is 1.62. The van der Waals surface area contributed by atoms with Gasteiger partial charge in [0.1, 0.15) is 16.5 Å². The Morgan fingerprint density at radius 1 is 1.23 bits per heavy atom. The Morgan fingerprint density at radius 2 is 2.03 bits per heavy atom. The van der Waals surface area contributed by atoms with E-state index in [1.54, 1.807) is 16.1 Å². The number of hydrogen-bond donors (Lipinski definition) is 3. The van der Waals surface area contributed by atoms with Crippen LogP contribution in [0, 0.1) is 5.92 Å². The molecule has 0 spiro atoms. The van der Waals surface area contributed by atoms with Crippen LogP contribution < -0.4 is 10.0 Å². The number of phenolic OH excluding ortho intramolecular Hbond substituents is 1. The summed E-state index contributed by atoms with van der Waals surface area (Å²) in [6.07, 6.45) is 8.94. The van der Waals surface area contributed by atoms with E-state index >= 15 is 0 Å². The number of phenols is 1. The Balaban J connectivity index is 1.47. The van der Waals surface area contributed by atoms with Gasteiger partial charge in [0, 0.05) is 36.4 Å². The first-order chi connectivity index (χ1) is 14.4. The number of rotatable bonds is 7. The van der Waals surface area contributed by atoms with Gasteiger partial charge in [-0.05, 0) is 24.5 Å². The highest BCUT2D eigenvalue weighted by Crippen LogP contribution is 2.31. The summed E-state index contributed by atoms with van der Waals surface area (Å²) >= 11 is 1.17. The number of aromatic nitrogens is 3. The van der Waals surface area contributed by atoms with Crippen LogP contribution in [0.15, 0.2) is 40.7 Å². The number of aromatic hydroxyl groups is 1. The lowest BCUT2D eigenvalue weighted by atomic mass is 9.86. The second kappa shape index (κ2) is 8.65. The Kier molecular flexibility index (Phi) is 5.96. The smallest absolute Gasteiger partial charge is 0.267 e. The highest BCUT2D eigenvalue weighted by Gasteiger charge is 2.21. The molecule has 3 N–H and O–H groups in total. The predicted octanol–water partition coefficient (Wildman–Crippen LogP) is 4.25. The first-order valence-corrected chi connectivity index (χ1v) is 12.3. The zero-order chi connectivity index (χ0) is 21.1. The molecule has 8 nitrogen and oxygen atoms in total. The molecule has 1 aromatic carbocycles. The van der Waals surface area contributed by atoms with E-state index in [2.05, 4.69) is 20.1 Å². The molecule has 4 rings (SSSR count). The van der Waals surface area contributed by atoms with Crippen molar-refractivity contribution in [1.82, 2.24) is 14.8 Å². The summed E-state index contributed by atoms with van der Waals surface area (Å²) in [4.78, 5) is 3.71. The van der Waals surface area contributed by atoms with Crippen LogP contribution in [0.5, 0.6) is 5.75 Å². The summed E-state index contributed by atoms with van der Waals surface area (Å²) in [6, 6.07) is 6.39. The Bertz CT molecular complexity index is 1100. The summed E-state index contributed by atoms with van der Waals surface area (Å²) in [7, 11) is -2.06. The van der Waals surface area contributed by atoms with Gasteiger partial charge in [-0.1, -0.05) is 32.1 Å². The van der Waals surface area contributed by atoms with Crippen molar-refractivity contribution in [3.05, 3.63) is 41.5 Å². The summed E-state index contributed by atoms with van der Waals surface area (Å²) < 4.78 is 29.1. The molecule has 1 aliphatic carbocycles. The molecule has 2 heterocycles. The van der Waals surface area contributed by atoms with E-state index in [-0.39, 0.29) is 15.8 Å². The maximum Gasteiger partial charge on any atom is 0.267 e. The zero-order valence-electron chi connectivity index (χ0n) is 16.7. The Hall–Kier alpha value is -2.59. The van der Waals surface area contributed by atoms with E-state index in [0.29, 0.717) is 11.6 Å². The number of benzene rings is 1. The van der Waals surface area contributed by atoms with Gasteiger partial charge >= 0.3 is 0 Å². The summed E-state index contributed by atoms with van der Waals surface area (Å²) in [5, 5.41) is 20.1. The molecule has 0 radical (unpaired) electrons. The summed E-state index contributed by atoms with van der Waals surface area (Å²) in [6.45, 7) is 0. The number of nitrogens with zero attached hydrogens (tertiary/aromatic N) is 3. The lowest BCUT2D eigenvalue weighted by molar-refractivity contribution is 0.353. The average molecular weight is 448 g/mol. The van der Waals surface area contributed by atoms with Crippen molar-refractivity contribution >= 4 is 38.0 Å². The Labute approximate surface area is 180 Å². The first kappa shape index (κ1) is 20.7. The molecule has 1 aliphatic rings. The standard InChI is InChI=1S/C20H25N5O3S2/c1-25-19(13-16(23-25)11-14-5-3-2-4-6-14)22-15-7-8-18(17(26)12-15)30(27,28)24-20-21-9-10-29-20/h7-10,12-14,22,26H,2-6,11H2,1H3,(H,21,24). The highest BCUT2D eigenvalue weighted by molar-refractivity contribution is 7.93. The van der Waals surface area contributed by atoms with Gasteiger partial charge in [-0.3, -0.25) is 9.40 Å². The molecule has 0 atom stereocenters. The lowest BCUT2D eigenvalue weighted by Crippen LogP contribution is -2.13. The molecule has 160 valence electrons. The van der Waals surface area contributed by atoms with Gasteiger partial charge in [-0.25, -0.2) is 13.4 Å². The van der Waals surface area contributed by atoms with E-state index in [1.165, 1.54) is 61.8 Å². The van der Waals surface area contributed by atoms with Crippen molar-refractivity contribution in [2.24, 2.45) is 13.0 Å². The molecule has 30 heavy (non-hydrogen) atoms. The molecule has 2 aromatic heterocycles. The zero-order valence-corrected chi connectivity index (χ0v) is 18.3. The van der Waals surface area contributed by atoms with E-state index in [1.807, 2.05) is 13.1 Å². The van der Waals surface area contributed by atoms with Crippen LogP contribution in [0.2, 0.25) is 0 Å². The number of sulfonamides is 1. The average Bonchev–Trinajstić information content (AvgIpc) is 3.32. The third-order valence-corrected chi connectivity index (χ3v) is 7.53. The van der Waals surface area contributed by atoms with Gasteiger partial charge in [0.15, 0.2) is 5.13 Å². The fraction of sp³-hybridized carbons (Fsp3) is 0.400. The van der Waals surface area contributed by atoms with Gasteiger partial charge < -0.3 is 10.4 Å². The van der Waals surface area contributed by atoms with Crippen molar-refractivity contribution in [3.8, 4) is 5.75 Å². The van der Waals surface area contributed by atoms with Crippen molar-refractivity contribution in [2.45, 2.75) is 43.4 Å². The second-order valence-corrected chi connectivity index (χ2v) is 10.1. The van der Waals surface area contributed by atoms with E-state index < -0.39 is 10.0 Å². The second-order valence-electron chi connectivity index (χ2n) is 7.60. The number of nitrogens with one attached hydrogen (secondary N) is 2. The van der Waals surface area contributed by atoms with E-state index in [9.17, 15) is 13.5 Å². The van der Waals surface area contributed by atoms with Gasteiger partial charge in [-0.15, -0.1) is 11.3 Å². The minimum absolute atomic E-state index is 0.203. The van der Waals surface area contributed by atoms with E-state index in [4.69, 9.17) is 0 Å². The van der Waals surface area contributed by atoms with Crippen LogP contribution in [0.4, 0.5) is 16.6 Å². The largest absolute Gasteiger partial charge is 0.506 e. The molecule has 0 amide bonds. The number of hydrogen-bond acceptors (Lipinski definition) is 7. The lowest BCUT2D eigenvalue weighted by Gasteiger charge is -2.20. The molecule has 0 aliphatic heterocycles. The minimum Gasteiger partial charge on any atom is -0.506 e. The van der Waals surface area contributed by atoms with Gasteiger partial charge in [0.2, 0.25) is 0 Å². The normalized spacial score (nSPS) is 15.2. The molecular weight excluding hydrogens is 422 g/mol. The van der Waals surface area contributed by atoms with Crippen molar-refractivity contribution in [2.75, 3.05) is 10.0 Å². The topological polar surface area (TPSA) is 109 Å². The number of thiazole rings is 1. The predicted molar refractivity (Wildman–Crippen MR) is 118 cm³/mol. The molecule has 3 aromatic rings. The molecule has 10 heteroatoms. The Morgan fingerprint density at radius 3 is 2.73 bits per heavy atom.